The van der Waals surface area contributed by atoms with E-state index in [0.29, 0.717) is 0 Å². The van der Waals surface area contributed by atoms with Gasteiger partial charge in [0.25, 0.3) is 0 Å². The summed E-state index contributed by atoms with van der Waals surface area (Å²) in [6, 6.07) is 110. The van der Waals surface area contributed by atoms with E-state index < -0.39 is 16.2 Å². The molecular weight excluding hydrogens is 1160 g/mol. The molecule has 0 fully saturated rings. The highest BCUT2D eigenvalue weighted by molar-refractivity contribution is 6.20. The van der Waals surface area contributed by atoms with Crippen LogP contribution in [0.3, 0.4) is 0 Å². The molecule has 14 aromatic carbocycles. The van der Waals surface area contributed by atoms with Crippen LogP contribution in [0.15, 0.2) is 300 Å². The molecule has 0 bridgehead atoms. The van der Waals surface area contributed by atoms with Crippen LogP contribution >= 0.6 is 0 Å². The van der Waals surface area contributed by atoms with Crippen molar-refractivity contribution in [1.82, 2.24) is 0 Å². The minimum absolute atomic E-state index is 0.0948. The van der Waals surface area contributed by atoms with Gasteiger partial charge in [-0.15, -0.1) is 0 Å². The quantitative estimate of drug-likeness (QED) is 0.172. The highest BCUT2D eigenvalue weighted by Crippen LogP contribution is 2.70. The molecule has 3 nitrogen and oxygen atoms in total. The summed E-state index contributed by atoms with van der Waals surface area (Å²) in [7, 11) is 0. The topological polar surface area (TPSA) is 29.5 Å². The Morgan fingerprint density at radius 1 is 0.281 bits per heavy atom. The fourth-order valence-corrected chi connectivity index (χ4v) is 18.9. The standard InChI is InChI=1S/C93H63NO2/c1-90(2,3)71-32-16-9-29-63(71)69-52-81-85(88-67-31-15-22-38-83(67)96-89(69)88)65-46-44-57(49-77(65)91(81,4)5)94(56-41-39-55(40-42-56)54-23-7-6-8-24-54)58-43-45-64-68-51-80-70(53-79(68)93(78(64)50-58)74-35-19-12-27-61(74)62-28-13-20-36-75(62)93)86-76(47-48-84-87(86)66-30-14-21-37-82(66)95-84)92(80)72-33-17-10-25-59(72)60-26-11-18-34-73(60)92/h6-53H,1-5H3. The van der Waals surface area contributed by atoms with Crippen molar-refractivity contribution in [2.45, 2.75) is 56.3 Å². The van der Waals surface area contributed by atoms with Gasteiger partial charge in [0.1, 0.15) is 22.3 Å². The highest BCUT2D eigenvalue weighted by atomic mass is 16.3. The Hall–Kier alpha value is -11.5. The Kier molecular flexibility index (Phi) is 10.6. The van der Waals surface area contributed by atoms with Gasteiger partial charge < -0.3 is 13.7 Å². The van der Waals surface area contributed by atoms with E-state index in [-0.39, 0.29) is 5.41 Å². The molecule has 21 rings (SSSR count). The third-order valence-electron chi connectivity index (χ3n) is 22.8. The van der Waals surface area contributed by atoms with Gasteiger partial charge in [-0.3, -0.25) is 0 Å². The van der Waals surface area contributed by atoms with Crippen molar-refractivity contribution in [2.24, 2.45) is 0 Å². The molecule has 3 heteroatoms. The van der Waals surface area contributed by atoms with E-state index in [9.17, 15) is 0 Å². The molecule has 5 aliphatic carbocycles. The lowest BCUT2D eigenvalue weighted by molar-refractivity contribution is 0.591. The van der Waals surface area contributed by atoms with Crippen LogP contribution in [0.4, 0.5) is 17.1 Å². The number of hydrogen-bond donors (Lipinski definition) is 0. The van der Waals surface area contributed by atoms with Gasteiger partial charge in [0.05, 0.1) is 10.8 Å². The number of nitrogens with zero attached hydrogens (tertiary/aromatic N) is 1. The number of fused-ring (bicyclic) bond motifs is 31. The second-order valence-electron chi connectivity index (χ2n) is 28.9. The molecule has 0 radical (unpaired) electrons. The van der Waals surface area contributed by atoms with Gasteiger partial charge in [-0.25, -0.2) is 0 Å². The number of benzene rings is 14. The van der Waals surface area contributed by atoms with Gasteiger partial charge >= 0.3 is 0 Å². The summed E-state index contributed by atoms with van der Waals surface area (Å²) in [4.78, 5) is 2.53. The van der Waals surface area contributed by atoms with E-state index in [2.05, 4.69) is 331 Å². The number of anilines is 3. The van der Waals surface area contributed by atoms with Crippen molar-refractivity contribution in [3.05, 3.63) is 352 Å². The first kappa shape index (κ1) is 53.9. The Morgan fingerprint density at radius 2 is 0.729 bits per heavy atom. The van der Waals surface area contributed by atoms with Crippen LogP contribution in [0.2, 0.25) is 0 Å². The Morgan fingerprint density at radius 3 is 1.36 bits per heavy atom. The van der Waals surface area contributed by atoms with E-state index >= 15 is 0 Å². The van der Waals surface area contributed by atoms with Crippen molar-refractivity contribution in [3.8, 4) is 77.9 Å². The molecule has 0 amide bonds. The van der Waals surface area contributed by atoms with Crippen molar-refractivity contribution in [3.63, 3.8) is 0 Å². The Bertz CT molecular complexity index is 6010. The molecule has 96 heavy (non-hydrogen) atoms. The molecular formula is C93H63NO2. The summed E-state index contributed by atoms with van der Waals surface area (Å²) >= 11 is 0. The number of para-hydroxylation sites is 2. The average Bonchev–Trinajstić information content (AvgIpc) is 1.49. The lowest BCUT2D eigenvalue weighted by atomic mass is 9.68. The SMILES string of the molecule is CC(C)(C)c1ccccc1-c1cc2c(c3c1oc1ccccc13)-c1ccc(N(c3ccc(-c4ccccc4)cc3)c3ccc4c(c3)C3(c5ccccc5-c5ccccc53)c3cc5c(cc3-4)C3(c4ccccc4-c4ccccc43)c3ccc4oc6ccccc6c4c3-5)cc1C2(C)C. The van der Waals surface area contributed by atoms with E-state index in [1.54, 1.807) is 0 Å². The molecule has 0 unspecified atom stereocenters. The molecule has 16 aromatic rings. The molecule has 0 saturated carbocycles. The summed E-state index contributed by atoms with van der Waals surface area (Å²) in [5, 5.41) is 4.63. The number of rotatable bonds is 5. The predicted octanol–water partition coefficient (Wildman–Crippen LogP) is 24.6. The van der Waals surface area contributed by atoms with Crippen molar-refractivity contribution in [2.75, 3.05) is 4.90 Å². The zero-order valence-electron chi connectivity index (χ0n) is 54.0. The molecule has 0 N–H and O–H groups in total. The normalized spacial score (nSPS) is 14.8. The van der Waals surface area contributed by atoms with Crippen LogP contribution in [0.5, 0.6) is 0 Å². The van der Waals surface area contributed by atoms with Crippen molar-refractivity contribution < 1.29 is 8.83 Å². The van der Waals surface area contributed by atoms with Crippen LogP contribution in [0, 0.1) is 0 Å². The van der Waals surface area contributed by atoms with E-state index in [4.69, 9.17) is 8.83 Å². The van der Waals surface area contributed by atoms with Gasteiger partial charge in [-0.05, 0) is 212 Å². The fraction of sp³-hybridized carbons (Fsp3) is 0.0968. The lowest BCUT2D eigenvalue weighted by Gasteiger charge is -2.33. The summed E-state index contributed by atoms with van der Waals surface area (Å²) in [5.41, 5.74) is 36.8. The van der Waals surface area contributed by atoms with E-state index in [0.717, 1.165) is 55.7 Å². The molecule has 5 aliphatic rings. The second kappa shape index (κ2) is 18.9. The van der Waals surface area contributed by atoms with E-state index in [1.165, 1.54) is 144 Å². The average molecular weight is 1230 g/mol. The molecule has 2 aromatic heterocycles. The molecule has 0 atom stereocenters. The predicted molar refractivity (Wildman–Crippen MR) is 395 cm³/mol. The van der Waals surface area contributed by atoms with Crippen LogP contribution in [-0.2, 0) is 21.7 Å². The summed E-state index contributed by atoms with van der Waals surface area (Å²) in [6.07, 6.45) is 0. The van der Waals surface area contributed by atoms with Crippen LogP contribution in [-0.4, -0.2) is 0 Å². The minimum Gasteiger partial charge on any atom is -0.456 e. The summed E-state index contributed by atoms with van der Waals surface area (Å²) in [6.45, 7) is 11.8. The maximum Gasteiger partial charge on any atom is 0.143 e. The maximum absolute atomic E-state index is 7.08. The number of furan rings is 2. The largest absolute Gasteiger partial charge is 0.456 e. The van der Waals surface area contributed by atoms with Gasteiger partial charge in [-0.2, -0.15) is 0 Å². The zero-order chi connectivity index (χ0) is 63.7. The monoisotopic (exact) mass is 1230 g/mol. The third kappa shape index (κ3) is 6.77. The molecule has 2 spiro atoms. The van der Waals surface area contributed by atoms with Gasteiger partial charge in [0, 0.05) is 49.6 Å². The first-order valence-electron chi connectivity index (χ1n) is 33.9. The lowest BCUT2D eigenvalue weighted by Crippen LogP contribution is -2.27. The maximum atomic E-state index is 7.08. The first-order valence-corrected chi connectivity index (χ1v) is 33.9. The smallest absolute Gasteiger partial charge is 0.143 e. The molecule has 0 aliphatic heterocycles. The molecule has 452 valence electrons. The minimum atomic E-state index is -0.691. The number of hydrogen-bond acceptors (Lipinski definition) is 3. The summed E-state index contributed by atoms with van der Waals surface area (Å²) < 4.78 is 13.9. The Balaban J connectivity index is 0.824. The Labute approximate surface area is 557 Å². The van der Waals surface area contributed by atoms with Crippen molar-refractivity contribution in [1.29, 1.82) is 0 Å². The third-order valence-corrected chi connectivity index (χ3v) is 22.8. The van der Waals surface area contributed by atoms with Crippen LogP contribution in [0.1, 0.15) is 95.8 Å². The van der Waals surface area contributed by atoms with Crippen molar-refractivity contribution >= 4 is 60.9 Å². The summed E-state index contributed by atoms with van der Waals surface area (Å²) in [5.74, 6) is 0. The van der Waals surface area contributed by atoms with Gasteiger partial charge in [0.2, 0.25) is 0 Å². The second-order valence-corrected chi connectivity index (χ2v) is 28.9. The first-order chi connectivity index (χ1) is 47.0. The van der Waals surface area contributed by atoms with E-state index in [1.807, 2.05) is 0 Å². The molecule has 2 heterocycles. The zero-order valence-corrected chi connectivity index (χ0v) is 54.0. The van der Waals surface area contributed by atoms with Gasteiger partial charge in [-0.1, -0.05) is 253 Å². The van der Waals surface area contributed by atoms with Crippen LogP contribution < -0.4 is 4.90 Å². The fourth-order valence-electron chi connectivity index (χ4n) is 18.9. The van der Waals surface area contributed by atoms with Crippen LogP contribution in [0.25, 0.3) is 122 Å². The molecule has 0 saturated heterocycles. The van der Waals surface area contributed by atoms with Gasteiger partial charge in [0.15, 0.2) is 0 Å². The highest BCUT2D eigenvalue weighted by Gasteiger charge is 2.57.